The van der Waals surface area contributed by atoms with E-state index in [-0.39, 0.29) is 11.9 Å². The zero-order valence-corrected chi connectivity index (χ0v) is 12.2. The van der Waals surface area contributed by atoms with Gasteiger partial charge in [-0.15, -0.1) is 11.3 Å². The second-order valence-corrected chi connectivity index (χ2v) is 5.95. The van der Waals surface area contributed by atoms with Crippen molar-refractivity contribution in [2.45, 2.75) is 13.0 Å². The van der Waals surface area contributed by atoms with Gasteiger partial charge in [-0.1, -0.05) is 11.6 Å². The van der Waals surface area contributed by atoms with Crippen LogP contribution in [-0.4, -0.2) is 0 Å². The van der Waals surface area contributed by atoms with Crippen LogP contribution in [0.4, 0.5) is 10.1 Å². The van der Waals surface area contributed by atoms with Gasteiger partial charge in [-0.2, -0.15) is 0 Å². The van der Waals surface area contributed by atoms with Crippen molar-refractivity contribution in [1.29, 1.82) is 0 Å². The predicted octanol–water partition coefficient (Wildman–Crippen LogP) is 5.48. The first kappa shape index (κ1) is 12.9. The van der Waals surface area contributed by atoms with Gasteiger partial charge in [0.15, 0.2) is 0 Å². The highest BCUT2D eigenvalue weighted by atomic mass is 79.9. The maximum absolute atomic E-state index is 13.6. The third-order valence-electron chi connectivity index (χ3n) is 2.32. The van der Waals surface area contributed by atoms with Crippen molar-refractivity contribution in [2.24, 2.45) is 0 Å². The fourth-order valence-corrected chi connectivity index (χ4v) is 3.08. The molecule has 0 amide bonds. The van der Waals surface area contributed by atoms with Crippen LogP contribution in [0, 0.1) is 5.82 Å². The van der Waals surface area contributed by atoms with Gasteiger partial charge in [0.2, 0.25) is 0 Å². The van der Waals surface area contributed by atoms with Crippen molar-refractivity contribution >= 4 is 44.6 Å². The normalized spacial score (nSPS) is 12.5. The molecule has 1 heterocycles. The molecule has 0 spiro atoms. The zero-order valence-electron chi connectivity index (χ0n) is 9.01. The number of nitrogens with one attached hydrogen (secondary N) is 1. The molecule has 0 saturated heterocycles. The van der Waals surface area contributed by atoms with Crippen LogP contribution in [0.25, 0.3) is 0 Å². The fraction of sp³-hybridized carbons (Fsp3) is 0.167. The minimum absolute atomic E-state index is 0.0574. The standard InChI is InChI=1S/C12H10BrClFNS/c1-7(12-4-8(13)6-17-12)16-11-3-2-9(14)5-10(11)15/h2-7,16H,1H3. The van der Waals surface area contributed by atoms with Crippen LogP contribution in [0.1, 0.15) is 17.8 Å². The van der Waals surface area contributed by atoms with Crippen LogP contribution in [0.15, 0.2) is 34.1 Å². The van der Waals surface area contributed by atoms with Crippen LogP contribution < -0.4 is 5.32 Å². The number of hydrogen-bond donors (Lipinski definition) is 1. The summed E-state index contributed by atoms with van der Waals surface area (Å²) in [4.78, 5) is 1.14. The van der Waals surface area contributed by atoms with Crippen molar-refractivity contribution in [3.63, 3.8) is 0 Å². The van der Waals surface area contributed by atoms with Gasteiger partial charge >= 0.3 is 0 Å². The first-order valence-electron chi connectivity index (χ1n) is 5.02. The molecule has 0 saturated carbocycles. The van der Waals surface area contributed by atoms with E-state index in [1.807, 2.05) is 18.4 Å². The number of rotatable bonds is 3. The van der Waals surface area contributed by atoms with Crippen molar-refractivity contribution in [3.8, 4) is 0 Å². The van der Waals surface area contributed by atoms with Gasteiger partial charge in [-0.3, -0.25) is 0 Å². The molecule has 2 rings (SSSR count). The average Bonchev–Trinajstić information content (AvgIpc) is 2.69. The predicted molar refractivity (Wildman–Crippen MR) is 75.5 cm³/mol. The van der Waals surface area contributed by atoms with Crippen molar-refractivity contribution < 1.29 is 4.39 Å². The summed E-state index contributed by atoms with van der Waals surface area (Å²) in [6.07, 6.45) is 0. The van der Waals surface area contributed by atoms with E-state index in [1.165, 1.54) is 6.07 Å². The van der Waals surface area contributed by atoms with Gasteiger partial charge in [0.05, 0.1) is 11.7 Å². The summed E-state index contributed by atoms with van der Waals surface area (Å²) in [5.41, 5.74) is 0.464. The number of anilines is 1. The third-order valence-corrected chi connectivity index (χ3v) is 4.43. The van der Waals surface area contributed by atoms with Gasteiger partial charge < -0.3 is 5.32 Å². The van der Waals surface area contributed by atoms with Gasteiger partial charge in [0.1, 0.15) is 5.82 Å². The number of hydrogen-bond acceptors (Lipinski definition) is 2. The summed E-state index contributed by atoms with van der Waals surface area (Å²) in [5.74, 6) is -0.333. The molecule has 5 heteroatoms. The zero-order chi connectivity index (χ0) is 12.4. The Morgan fingerprint density at radius 2 is 2.18 bits per heavy atom. The van der Waals surface area contributed by atoms with Gasteiger partial charge in [-0.05, 0) is 47.1 Å². The van der Waals surface area contributed by atoms with Crippen molar-refractivity contribution in [3.05, 3.63) is 49.8 Å². The van der Waals surface area contributed by atoms with E-state index < -0.39 is 0 Å². The molecule has 1 unspecified atom stereocenters. The third kappa shape index (κ3) is 3.21. The first-order chi connectivity index (χ1) is 8.06. The largest absolute Gasteiger partial charge is 0.375 e. The Balaban J connectivity index is 2.15. The molecule has 0 aliphatic carbocycles. The molecule has 1 N–H and O–H groups in total. The Labute approximate surface area is 117 Å². The number of benzene rings is 1. The Kier molecular flexibility index (Phi) is 4.07. The van der Waals surface area contributed by atoms with Crippen LogP contribution in [0.5, 0.6) is 0 Å². The summed E-state index contributed by atoms with van der Waals surface area (Å²) in [7, 11) is 0. The molecule has 0 aliphatic rings. The lowest BCUT2D eigenvalue weighted by molar-refractivity contribution is 0.628. The van der Waals surface area contributed by atoms with E-state index in [1.54, 1.807) is 23.5 Å². The number of halogens is 3. The molecule has 1 aromatic heterocycles. The van der Waals surface area contributed by atoms with E-state index >= 15 is 0 Å². The first-order valence-corrected chi connectivity index (χ1v) is 7.07. The van der Waals surface area contributed by atoms with E-state index in [0.29, 0.717) is 10.7 Å². The summed E-state index contributed by atoms with van der Waals surface area (Å²) < 4.78 is 14.6. The molecular weight excluding hydrogens is 325 g/mol. The van der Waals surface area contributed by atoms with Crippen molar-refractivity contribution in [2.75, 3.05) is 5.32 Å². The van der Waals surface area contributed by atoms with E-state index in [9.17, 15) is 4.39 Å². The van der Waals surface area contributed by atoms with E-state index in [2.05, 4.69) is 21.2 Å². The minimum atomic E-state index is -0.333. The molecule has 0 bridgehead atoms. The molecule has 0 fully saturated rings. The second kappa shape index (κ2) is 5.38. The smallest absolute Gasteiger partial charge is 0.147 e. The maximum atomic E-state index is 13.6. The monoisotopic (exact) mass is 333 g/mol. The van der Waals surface area contributed by atoms with E-state index in [4.69, 9.17) is 11.6 Å². The molecule has 2 aromatic rings. The molecule has 0 radical (unpaired) electrons. The van der Waals surface area contributed by atoms with Gasteiger partial charge in [0, 0.05) is 19.8 Å². The quantitative estimate of drug-likeness (QED) is 0.784. The lowest BCUT2D eigenvalue weighted by atomic mass is 10.2. The molecule has 1 aromatic carbocycles. The lowest BCUT2D eigenvalue weighted by Crippen LogP contribution is -2.06. The Hall–Kier alpha value is -0.580. The Morgan fingerprint density at radius 1 is 1.41 bits per heavy atom. The highest BCUT2D eigenvalue weighted by molar-refractivity contribution is 9.10. The molecular formula is C12H10BrClFNS. The van der Waals surface area contributed by atoms with Crippen LogP contribution in [-0.2, 0) is 0 Å². The van der Waals surface area contributed by atoms with Gasteiger partial charge in [-0.25, -0.2) is 4.39 Å². The summed E-state index contributed by atoms with van der Waals surface area (Å²) in [6, 6.07) is 6.71. The summed E-state index contributed by atoms with van der Waals surface area (Å²) in [6.45, 7) is 1.99. The lowest BCUT2D eigenvalue weighted by Gasteiger charge is -2.14. The Morgan fingerprint density at radius 3 is 2.76 bits per heavy atom. The van der Waals surface area contributed by atoms with E-state index in [0.717, 1.165) is 9.35 Å². The molecule has 17 heavy (non-hydrogen) atoms. The molecule has 1 atom stereocenters. The maximum Gasteiger partial charge on any atom is 0.147 e. The fourth-order valence-electron chi connectivity index (χ4n) is 1.47. The van der Waals surface area contributed by atoms with Crippen LogP contribution in [0.3, 0.4) is 0 Å². The summed E-state index contributed by atoms with van der Waals surface area (Å²) >= 11 is 10.7. The summed E-state index contributed by atoms with van der Waals surface area (Å²) in [5, 5.41) is 5.53. The molecule has 90 valence electrons. The highest BCUT2D eigenvalue weighted by Crippen LogP contribution is 2.29. The van der Waals surface area contributed by atoms with Gasteiger partial charge in [0.25, 0.3) is 0 Å². The molecule has 0 aliphatic heterocycles. The topological polar surface area (TPSA) is 12.0 Å². The van der Waals surface area contributed by atoms with Crippen molar-refractivity contribution in [1.82, 2.24) is 0 Å². The Bertz CT molecular complexity index is 529. The minimum Gasteiger partial charge on any atom is -0.375 e. The number of thiophene rings is 1. The molecule has 1 nitrogen and oxygen atoms in total. The van der Waals surface area contributed by atoms with Crippen LogP contribution >= 0.6 is 38.9 Å². The average molecular weight is 335 g/mol. The highest BCUT2D eigenvalue weighted by Gasteiger charge is 2.10. The second-order valence-electron chi connectivity index (χ2n) is 3.66. The van der Waals surface area contributed by atoms with Crippen LogP contribution in [0.2, 0.25) is 5.02 Å². The SMILES string of the molecule is CC(Nc1ccc(Cl)cc1F)c1cc(Br)cs1.